The van der Waals surface area contributed by atoms with Crippen LogP contribution in [0.5, 0.6) is 0 Å². The Kier molecular flexibility index (Phi) is 6.62. The van der Waals surface area contributed by atoms with Gasteiger partial charge in [0.05, 0.1) is 6.54 Å². The van der Waals surface area contributed by atoms with Crippen LogP contribution in [0.1, 0.15) is 42.9 Å². The molecule has 27 heavy (non-hydrogen) atoms. The number of nitrogens with zero attached hydrogens (tertiary/aromatic N) is 4. The van der Waals surface area contributed by atoms with Crippen molar-refractivity contribution in [2.75, 3.05) is 6.54 Å². The molecule has 4 rings (SSSR count). The molecular weight excluding hydrogens is 475 g/mol. The highest BCUT2D eigenvalue weighted by molar-refractivity contribution is 14.0. The summed E-state index contributed by atoms with van der Waals surface area (Å²) in [6.07, 6.45) is 3.11. The zero-order valence-electron chi connectivity index (χ0n) is 15.7. The van der Waals surface area contributed by atoms with E-state index in [0.29, 0.717) is 18.0 Å². The van der Waals surface area contributed by atoms with E-state index >= 15 is 0 Å². The molecule has 1 aliphatic heterocycles. The SMILES string of the molecule is CCN=C(NC1CCc2nc(C)nn2C1)NC1CC1c1cccc(Cl)c1.I. The lowest BCUT2D eigenvalue weighted by Gasteiger charge is -2.25. The van der Waals surface area contributed by atoms with Crippen LogP contribution in [0.25, 0.3) is 0 Å². The largest absolute Gasteiger partial charge is 0.353 e. The van der Waals surface area contributed by atoms with Crippen LogP contribution in [-0.2, 0) is 13.0 Å². The van der Waals surface area contributed by atoms with Gasteiger partial charge in [0, 0.05) is 36.0 Å². The number of benzene rings is 1. The molecular formula is C19H26ClIN6. The Morgan fingerprint density at radius 2 is 2.22 bits per heavy atom. The third-order valence-electron chi connectivity index (χ3n) is 5.01. The second-order valence-electron chi connectivity index (χ2n) is 7.11. The lowest BCUT2D eigenvalue weighted by molar-refractivity contribution is 0.392. The highest BCUT2D eigenvalue weighted by Crippen LogP contribution is 2.41. The van der Waals surface area contributed by atoms with Gasteiger partial charge >= 0.3 is 0 Å². The molecule has 3 atom stereocenters. The molecule has 1 fully saturated rings. The number of aliphatic imine (C=N–C) groups is 1. The van der Waals surface area contributed by atoms with Gasteiger partial charge in [0.2, 0.25) is 0 Å². The first kappa shape index (κ1) is 20.4. The number of fused-ring (bicyclic) bond motifs is 1. The van der Waals surface area contributed by atoms with Gasteiger partial charge in [-0.25, -0.2) is 9.67 Å². The van der Waals surface area contributed by atoms with Gasteiger partial charge in [-0.2, -0.15) is 5.10 Å². The second kappa shape index (κ2) is 8.77. The Morgan fingerprint density at radius 1 is 1.37 bits per heavy atom. The summed E-state index contributed by atoms with van der Waals surface area (Å²) in [6, 6.07) is 8.89. The van der Waals surface area contributed by atoms with Gasteiger partial charge in [0.25, 0.3) is 0 Å². The van der Waals surface area contributed by atoms with Crippen molar-refractivity contribution in [2.24, 2.45) is 4.99 Å². The van der Waals surface area contributed by atoms with E-state index in [2.05, 4.69) is 44.8 Å². The second-order valence-corrected chi connectivity index (χ2v) is 7.54. The van der Waals surface area contributed by atoms with Crippen LogP contribution in [-0.4, -0.2) is 39.4 Å². The summed E-state index contributed by atoms with van der Waals surface area (Å²) in [7, 11) is 0. The molecule has 6 nitrogen and oxygen atoms in total. The smallest absolute Gasteiger partial charge is 0.191 e. The Hall–Kier alpha value is -1.35. The van der Waals surface area contributed by atoms with Crippen LogP contribution in [0.2, 0.25) is 5.02 Å². The maximum Gasteiger partial charge on any atom is 0.191 e. The summed E-state index contributed by atoms with van der Waals surface area (Å²) in [6.45, 7) is 5.60. The minimum Gasteiger partial charge on any atom is -0.353 e. The van der Waals surface area contributed by atoms with E-state index in [1.807, 2.05) is 23.7 Å². The summed E-state index contributed by atoms with van der Waals surface area (Å²) < 4.78 is 2.02. The standard InChI is InChI=1S/C19H25ClN6.HI/c1-3-21-19(23-15-7-8-18-22-12(2)25-26(18)11-15)24-17-10-16(17)13-5-4-6-14(20)9-13;/h4-6,9,15-17H,3,7-8,10-11H2,1-2H3,(H2,21,23,24);1H. The summed E-state index contributed by atoms with van der Waals surface area (Å²) in [5.41, 5.74) is 1.30. The third-order valence-corrected chi connectivity index (χ3v) is 5.25. The van der Waals surface area contributed by atoms with E-state index in [4.69, 9.17) is 11.6 Å². The van der Waals surface area contributed by atoms with Gasteiger partial charge < -0.3 is 10.6 Å². The van der Waals surface area contributed by atoms with Crippen LogP contribution < -0.4 is 10.6 Å². The van der Waals surface area contributed by atoms with Crippen molar-refractivity contribution in [2.45, 2.75) is 57.7 Å². The summed E-state index contributed by atoms with van der Waals surface area (Å²) in [5.74, 6) is 3.34. The molecule has 8 heteroatoms. The normalized spacial score (nSPS) is 24.0. The first-order valence-electron chi connectivity index (χ1n) is 9.35. The van der Waals surface area contributed by atoms with Gasteiger partial charge in [0.1, 0.15) is 11.6 Å². The van der Waals surface area contributed by atoms with Crippen molar-refractivity contribution in [3.63, 3.8) is 0 Å². The molecule has 2 N–H and O–H groups in total. The van der Waals surface area contributed by atoms with Crippen LogP contribution >= 0.6 is 35.6 Å². The fraction of sp³-hybridized carbons (Fsp3) is 0.526. The molecule has 1 aromatic heterocycles. The average molecular weight is 501 g/mol. The van der Waals surface area contributed by atoms with Crippen molar-refractivity contribution in [3.05, 3.63) is 46.5 Å². The van der Waals surface area contributed by atoms with Gasteiger partial charge in [-0.15, -0.1) is 24.0 Å². The third kappa shape index (κ3) is 4.93. The topological polar surface area (TPSA) is 67.1 Å². The highest BCUT2D eigenvalue weighted by atomic mass is 127. The number of hydrogen-bond acceptors (Lipinski definition) is 3. The number of aryl methyl sites for hydroxylation is 2. The minimum atomic E-state index is 0. The van der Waals surface area contributed by atoms with Gasteiger partial charge in [-0.05, 0) is 44.4 Å². The molecule has 0 saturated heterocycles. The molecule has 2 aliphatic rings. The van der Waals surface area contributed by atoms with Crippen LogP contribution in [0.4, 0.5) is 0 Å². The Labute approximate surface area is 182 Å². The molecule has 2 aromatic rings. The lowest BCUT2D eigenvalue weighted by Crippen LogP contribution is -2.48. The molecule has 2 heterocycles. The van der Waals surface area contributed by atoms with Crippen molar-refractivity contribution >= 4 is 41.5 Å². The average Bonchev–Trinajstić information content (AvgIpc) is 3.26. The van der Waals surface area contributed by atoms with Crippen LogP contribution in [0.15, 0.2) is 29.3 Å². The van der Waals surface area contributed by atoms with E-state index in [-0.39, 0.29) is 24.0 Å². The summed E-state index contributed by atoms with van der Waals surface area (Å²) in [4.78, 5) is 9.11. The van der Waals surface area contributed by atoms with Crippen molar-refractivity contribution in [1.29, 1.82) is 0 Å². The molecule has 0 amide bonds. The molecule has 0 radical (unpaired) electrons. The number of hydrogen-bond donors (Lipinski definition) is 2. The Balaban J connectivity index is 0.00000210. The molecule has 0 bridgehead atoms. The van der Waals surface area contributed by atoms with Gasteiger partial charge in [0.15, 0.2) is 5.96 Å². The van der Waals surface area contributed by atoms with Crippen LogP contribution in [0.3, 0.4) is 0 Å². The summed E-state index contributed by atoms with van der Waals surface area (Å²) in [5, 5.41) is 12.5. The zero-order chi connectivity index (χ0) is 18.1. The molecule has 1 aliphatic carbocycles. The van der Waals surface area contributed by atoms with E-state index in [1.54, 1.807) is 0 Å². The minimum absolute atomic E-state index is 0. The quantitative estimate of drug-likeness (QED) is 0.384. The first-order valence-corrected chi connectivity index (χ1v) is 9.73. The predicted molar refractivity (Wildman–Crippen MR) is 119 cm³/mol. The fourth-order valence-electron chi connectivity index (χ4n) is 3.67. The number of aromatic nitrogens is 3. The van der Waals surface area contributed by atoms with E-state index in [0.717, 1.165) is 55.0 Å². The van der Waals surface area contributed by atoms with Crippen molar-refractivity contribution in [1.82, 2.24) is 25.4 Å². The van der Waals surface area contributed by atoms with Crippen LogP contribution in [0, 0.1) is 6.92 Å². The van der Waals surface area contributed by atoms with Crippen molar-refractivity contribution in [3.8, 4) is 0 Å². The highest BCUT2D eigenvalue weighted by Gasteiger charge is 2.39. The molecule has 1 saturated carbocycles. The number of halogens is 2. The lowest BCUT2D eigenvalue weighted by atomic mass is 10.1. The van der Waals surface area contributed by atoms with E-state index in [9.17, 15) is 0 Å². The number of rotatable bonds is 4. The molecule has 146 valence electrons. The zero-order valence-corrected chi connectivity index (χ0v) is 18.7. The monoisotopic (exact) mass is 500 g/mol. The van der Waals surface area contributed by atoms with Crippen molar-refractivity contribution < 1.29 is 0 Å². The fourth-order valence-corrected chi connectivity index (χ4v) is 3.87. The van der Waals surface area contributed by atoms with Gasteiger partial charge in [-0.3, -0.25) is 4.99 Å². The predicted octanol–water partition coefficient (Wildman–Crippen LogP) is 3.28. The number of nitrogens with one attached hydrogen (secondary N) is 2. The van der Waals surface area contributed by atoms with Gasteiger partial charge in [-0.1, -0.05) is 23.7 Å². The molecule has 0 spiro atoms. The first-order chi connectivity index (χ1) is 12.6. The number of guanidine groups is 1. The summed E-state index contributed by atoms with van der Waals surface area (Å²) >= 11 is 6.12. The Bertz CT molecular complexity index is 820. The van der Waals surface area contributed by atoms with E-state index < -0.39 is 0 Å². The molecule has 1 aromatic carbocycles. The maximum atomic E-state index is 6.12. The maximum absolute atomic E-state index is 6.12. The molecule has 3 unspecified atom stereocenters. The Morgan fingerprint density at radius 3 is 3.00 bits per heavy atom. The van der Waals surface area contributed by atoms with E-state index in [1.165, 1.54) is 5.56 Å².